The predicted molar refractivity (Wildman–Crippen MR) is 97.9 cm³/mol. The van der Waals surface area contributed by atoms with E-state index in [0.717, 1.165) is 12.0 Å². The van der Waals surface area contributed by atoms with Crippen LogP contribution in [0, 0.1) is 0 Å². The smallest absolute Gasteiger partial charge is 0.408 e. The first-order valence-electron chi connectivity index (χ1n) is 8.35. The normalized spacial score (nSPS) is 13.0. The van der Waals surface area contributed by atoms with Gasteiger partial charge in [0.15, 0.2) is 5.84 Å². The number of carboxylic acids is 1. The Morgan fingerprint density at radius 3 is 2.31 bits per heavy atom. The first-order valence-corrected chi connectivity index (χ1v) is 8.35. The van der Waals surface area contributed by atoms with Gasteiger partial charge in [-0.3, -0.25) is 0 Å². The van der Waals surface area contributed by atoms with Gasteiger partial charge in [-0.05, 0) is 38.3 Å². The van der Waals surface area contributed by atoms with Gasteiger partial charge >= 0.3 is 12.1 Å². The molecule has 0 aliphatic heterocycles. The molecule has 144 valence electrons. The number of hydrogen-bond acceptors (Lipinski definition) is 5. The molecular weight excluding hydrogens is 338 g/mol. The number of aliphatic carboxylic acids is 1. The number of hydrogen-bond donors (Lipinski definition) is 3. The van der Waals surface area contributed by atoms with Gasteiger partial charge in [0.05, 0.1) is 6.04 Å². The summed E-state index contributed by atoms with van der Waals surface area (Å²) in [5.74, 6) is -1.22. The summed E-state index contributed by atoms with van der Waals surface area (Å²) < 4.78 is 5.24. The van der Waals surface area contributed by atoms with E-state index < -0.39 is 30.3 Å². The number of amides is 1. The Kier molecular flexibility index (Phi) is 7.89. The molecule has 0 aliphatic carbocycles. The number of alkyl carbamates (subject to hydrolysis) is 1. The molecule has 0 bridgehead atoms. The summed E-state index contributed by atoms with van der Waals surface area (Å²) in [6.07, 6.45) is 0.630. The molecular formula is C18H27N3O5. The van der Waals surface area contributed by atoms with Crippen LogP contribution in [0.3, 0.4) is 0 Å². The second-order valence-corrected chi connectivity index (χ2v) is 6.76. The number of benzene rings is 1. The molecule has 26 heavy (non-hydrogen) atoms. The lowest BCUT2D eigenvalue weighted by atomic mass is 10.0. The molecule has 4 N–H and O–H groups in total. The fraction of sp³-hybridized carbons (Fsp3) is 0.500. The van der Waals surface area contributed by atoms with Crippen LogP contribution in [0.1, 0.15) is 38.8 Å². The van der Waals surface area contributed by atoms with Crippen LogP contribution in [0.2, 0.25) is 0 Å². The number of carbonyl (C=O) groups is 2. The van der Waals surface area contributed by atoms with Crippen molar-refractivity contribution in [2.24, 2.45) is 10.9 Å². The largest absolute Gasteiger partial charge is 0.479 e. The van der Waals surface area contributed by atoms with Crippen molar-refractivity contribution in [2.75, 3.05) is 6.61 Å². The number of oxime groups is 1. The van der Waals surface area contributed by atoms with Crippen molar-refractivity contribution in [1.29, 1.82) is 0 Å². The molecule has 0 saturated heterocycles. The van der Waals surface area contributed by atoms with Crippen LogP contribution in [-0.4, -0.2) is 41.3 Å². The van der Waals surface area contributed by atoms with E-state index in [9.17, 15) is 9.59 Å². The van der Waals surface area contributed by atoms with Gasteiger partial charge < -0.3 is 25.7 Å². The average Bonchev–Trinajstić information content (AvgIpc) is 2.52. The zero-order valence-electron chi connectivity index (χ0n) is 15.6. The molecule has 0 radical (unpaired) electrons. The summed E-state index contributed by atoms with van der Waals surface area (Å²) in [5, 5.41) is 14.8. The molecule has 8 heteroatoms. The SMILES string of the molecule is CCc1ccc(C[C@H](NC(=O)OC(C)(C)C)/C(N)=N/OCC(=O)O)cc1. The highest BCUT2D eigenvalue weighted by Crippen LogP contribution is 2.10. The fourth-order valence-electron chi connectivity index (χ4n) is 2.05. The van der Waals surface area contributed by atoms with Crippen LogP contribution < -0.4 is 11.1 Å². The van der Waals surface area contributed by atoms with Crippen molar-refractivity contribution < 1.29 is 24.3 Å². The summed E-state index contributed by atoms with van der Waals surface area (Å²) in [6.45, 7) is 6.69. The number of nitrogens with two attached hydrogens (primary N) is 1. The van der Waals surface area contributed by atoms with E-state index in [4.69, 9.17) is 15.6 Å². The summed E-state index contributed by atoms with van der Waals surface area (Å²) >= 11 is 0. The maximum Gasteiger partial charge on any atom is 0.408 e. The Hall–Kier alpha value is -2.77. The Balaban J connectivity index is 2.88. The molecule has 0 spiro atoms. The number of rotatable bonds is 8. The maximum absolute atomic E-state index is 12.1. The highest BCUT2D eigenvalue weighted by Gasteiger charge is 2.22. The highest BCUT2D eigenvalue weighted by atomic mass is 16.6. The van der Waals surface area contributed by atoms with Crippen molar-refractivity contribution in [3.05, 3.63) is 35.4 Å². The van der Waals surface area contributed by atoms with Crippen LogP contribution in [0.4, 0.5) is 4.79 Å². The summed E-state index contributed by atoms with van der Waals surface area (Å²) in [7, 11) is 0. The van der Waals surface area contributed by atoms with Crippen molar-refractivity contribution in [3.8, 4) is 0 Å². The zero-order valence-corrected chi connectivity index (χ0v) is 15.6. The summed E-state index contributed by atoms with van der Waals surface area (Å²) in [4.78, 5) is 27.2. The molecule has 0 unspecified atom stereocenters. The number of aryl methyl sites for hydroxylation is 1. The Labute approximate surface area is 153 Å². The van der Waals surface area contributed by atoms with Crippen LogP contribution >= 0.6 is 0 Å². The molecule has 8 nitrogen and oxygen atoms in total. The summed E-state index contributed by atoms with van der Waals surface area (Å²) in [6, 6.07) is 7.16. The molecule has 1 aromatic rings. The number of ether oxygens (including phenoxy) is 1. The predicted octanol–water partition coefficient (Wildman–Crippen LogP) is 2.06. The molecule has 0 aliphatic rings. The Morgan fingerprint density at radius 1 is 1.23 bits per heavy atom. The van der Waals surface area contributed by atoms with Gasteiger partial charge in [-0.25, -0.2) is 9.59 Å². The van der Waals surface area contributed by atoms with E-state index in [1.807, 2.05) is 24.3 Å². The average molecular weight is 365 g/mol. The van der Waals surface area contributed by atoms with Gasteiger partial charge in [-0.2, -0.15) is 0 Å². The van der Waals surface area contributed by atoms with Crippen LogP contribution in [-0.2, 0) is 27.2 Å². The number of carbonyl (C=O) groups excluding carboxylic acids is 1. The standard InChI is InChI=1S/C18H27N3O5/c1-5-12-6-8-13(9-7-12)10-14(16(19)21-25-11-15(22)23)20-17(24)26-18(2,3)4/h6-9,14H,5,10-11H2,1-4H3,(H2,19,21)(H,20,24)(H,22,23)/t14-/m0/s1. The van der Waals surface area contributed by atoms with Gasteiger partial charge in [-0.1, -0.05) is 36.3 Å². The molecule has 1 rings (SSSR count). The third kappa shape index (κ3) is 8.36. The number of amidine groups is 1. The first-order chi connectivity index (χ1) is 12.1. The number of nitrogens with zero attached hydrogens (tertiary/aromatic N) is 1. The van der Waals surface area contributed by atoms with Crippen LogP contribution in [0.15, 0.2) is 29.4 Å². The lowest BCUT2D eigenvalue weighted by molar-refractivity contribution is -0.142. The molecule has 1 amide bonds. The number of carboxylic acid groups (broad SMARTS) is 1. The third-order valence-corrected chi connectivity index (χ3v) is 3.28. The highest BCUT2D eigenvalue weighted by molar-refractivity contribution is 5.88. The quantitative estimate of drug-likeness (QED) is 0.368. The van der Waals surface area contributed by atoms with Gasteiger partial charge in [-0.15, -0.1) is 0 Å². The van der Waals surface area contributed by atoms with Crippen molar-refractivity contribution in [1.82, 2.24) is 5.32 Å². The Morgan fingerprint density at radius 2 is 1.81 bits per heavy atom. The minimum absolute atomic E-state index is 0.0447. The lowest BCUT2D eigenvalue weighted by Crippen LogP contribution is -2.47. The molecule has 0 fully saturated rings. The monoisotopic (exact) mass is 365 g/mol. The second-order valence-electron chi connectivity index (χ2n) is 6.76. The molecule has 0 saturated carbocycles. The van der Waals surface area contributed by atoms with E-state index in [1.54, 1.807) is 20.8 Å². The minimum atomic E-state index is -1.17. The van der Waals surface area contributed by atoms with Crippen molar-refractivity contribution in [2.45, 2.75) is 52.2 Å². The third-order valence-electron chi connectivity index (χ3n) is 3.28. The van der Waals surface area contributed by atoms with Gasteiger partial charge in [0.1, 0.15) is 5.60 Å². The van der Waals surface area contributed by atoms with Crippen molar-refractivity contribution >= 4 is 17.9 Å². The summed E-state index contributed by atoms with van der Waals surface area (Å²) in [5.41, 5.74) is 7.34. The van der Waals surface area contributed by atoms with Gasteiger partial charge in [0, 0.05) is 6.42 Å². The number of nitrogens with one attached hydrogen (secondary N) is 1. The van der Waals surface area contributed by atoms with E-state index >= 15 is 0 Å². The molecule has 1 aromatic carbocycles. The topological polar surface area (TPSA) is 123 Å². The van der Waals surface area contributed by atoms with Gasteiger partial charge in [0.25, 0.3) is 0 Å². The first kappa shape index (κ1) is 21.3. The molecule has 0 aromatic heterocycles. The van der Waals surface area contributed by atoms with E-state index in [0.29, 0.717) is 6.42 Å². The van der Waals surface area contributed by atoms with E-state index in [-0.39, 0.29) is 5.84 Å². The Bertz CT molecular complexity index is 635. The van der Waals surface area contributed by atoms with E-state index in [1.165, 1.54) is 5.56 Å². The molecule has 1 atom stereocenters. The maximum atomic E-state index is 12.1. The second kappa shape index (κ2) is 9.65. The lowest BCUT2D eigenvalue weighted by Gasteiger charge is -2.23. The van der Waals surface area contributed by atoms with Crippen LogP contribution in [0.25, 0.3) is 0 Å². The van der Waals surface area contributed by atoms with E-state index in [2.05, 4.69) is 22.2 Å². The zero-order chi connectivity index (χ0) is 19.7. The minimum Gasteiger partial charge on any atom is -0.479 e. The van der Waals surface area contributed by atoms with Crippen molar-refractivity contribution in [3.63, 3.8) is 0 Å². The fourth-order valence-corrected chi connectivity index (χ4v) is 2.05. The van der Waals surface area contributed by atoms with Crippen LogP contribution in [0.5, 0.6) is 0 Å². The van der Waals surface area contributed by atoms with Gasteiger partial charge in [0.2, 0.25) is 6.61 Å². The molecule has 0 heterocycles.